The lowest BCUT2D eigenvalue weighted by atomic mass is 10.0. The summed E-state index contributed by atoms with van der Waals surface area (Å²) < 4.78 is 0. The molecule has 0 aromatic carbocycles. The molecule has 1 heterocycles. The summed E-state index contributed by atoms with van der Waals surface area (Å²) in [7, 11) is 0. The number of ketones is 2. The second-order valence-corrected chi connectivity index (χ2v) is 5.07. The van der Waals surface area contributed by atoms with Crippen LogP contribution in [0.4, 0.5) is 0 Å². The van der Waals surface area contributed by atoms with Crippen molar-refractivity contribution >= 4 is 17.5 Å². The molecule has 1 aliphatic rings. The smallest absolute Gasteiger partial charge is 0.219 e. The van der Waals surface area contributed by atoms with Gasteiger partial charge in [0.25, 0.3) is 0 Å². The van der Waals surface area contributed by atoms with Crippen molar-refractivity contribution in [2.75, 3.05) is 6.54 Å². The highest BCUT2D eigenvalue weighted by Gasteiger charge is 2.36. The number of carbonyl (C=O) groups excluding carboxylic acids is 3. The molecule has 3 unspecified atom stereocenters. The normalized spacial score (nSPS) is 23.0. The lowest BCUT2D eigenvalue weighted by Crippen LogP contribution is -2.51. The van der Waals surface area contributed by atoms with E-state index in [-0.39, 0.29) is 24.0 Å². The van der Waals surface area contributed by atoms with E-state index in [1.807, 2.05) is 11.8 Å². The summed E-state index contributed by atoms with van der Waals surface area (Å²) in [6.45, 7) is 4.28. The minimum Gasteiger partial charge on any atom is -0.370 e. The molecule has 0 aliphatic carbocycles. The topological polar surface area (TPSA) is 106 Å². The van der Waals surface area contributed by atoms with Gasteiger partial charge in [-0.2, -0.15) is 0 Å². The second kappa shape index (κ2) is 6.77. The monoisotopic (exact) mass is 269 g/mol. The Morgan fingerprint density at radius 3 is 2.53 bits per heavy atom. The molecule has 1 saturated heterocycles. The van der Waals surface area contributed by atoms with Crippen molar-refractivity contribution in [1.82, 2.24) is 4.90 Å². The molecule has 0 aromatic heterocycles. The highest BCUT2D eigenvalue weighted by atomic mass is 16.2. The molecule has 0 aromatic rings. The zero-order valence-electron chi connectivity index (χ0n) is 11.6. The van der Waals surface area contributed by atoms with Crippen molar-refractivity contribution < 1.29 is 14.4 Å². The van der Waals surface area contributed by atoms with Crippen molar-refractivity contribution in [2.24, 2.45) is 11.5 Å². The SMILES string of the molecule is CCC(=O)C1CCCN1C(C)C(=O)C(N)CC(N)=O. The summed E-state index contributed by atoms with van der Waals surface area (Å²) in [5, 5.41) is 0. The van der Waals surface area contributed by atoms with Gasteiger partial charge in [0, 0.05) is 12.8 Å². The summed E-state index contributed by atoms with van der Waals surface area (Å²) >= 11 is 0. The molecule has 1 aliphatic heterocycles. The first-order valence-electron chi connectivity index (χ1n) is 6.74. The Morgan fingerprint density at radius 1 is 1.37 bits per heavy atom. The van der Waals surface area contributed by atoms with E-state index in [9.17, 15) is 14.4 Å². The fourth-order valence-electron chi connectivity index (χ4n) is 2.62. The molecular formula is C13H23N3O3. The van der Waals surface area contributed by atoms with E-state index >= 15 is 0 Å². The summed E-state index contributed by atoms with van der Waals surface area (Å²) in [6.07, 6.45) is 2.01. The van der Waals surface area contributed by atoms with Crippen LogP contribution in [0.1, 0.15) is 39.5 Å². The molecule has 0 radical (unpaired) electrons. The second-order valence-electron chi connectivity index (χ2n) is 5.07. The Balaban J connectivity index is 2.70. The fourth-order valence-corrected chi connectivity index (χ4v) is 2.62. The van der Waals surface area contributed by atoms with Crippen LogP contribution in [0.2, 0.25) is 0 Å². The van der Waals surface area contributed by atoms with E-state index in [1.165, 1.54) is 0 Å². The third-order valence-corrected chi connectivity index (χ3v) is 3.71. The number of hydrogen-bond acceptors (Lipinski definition) is 5. The molecule has 0 saturated carbocycles. The van der Waals surface area contributed by atoms with Crippen molar-refractivity contribution in [3.05, 3.63) is 0 Å². The Hall–Kier alpha value is -1.27. The number of hydrogen-bond donors (Lipinski definition) is 2. The zero-order valence-corrected chi connectivity index (χ0v) is 11.6. The van der Waals surface area contributed by atoms with Crippen molar-refractivity contribution in [2.45, 2.75) is 57.7 Å². The van der Waals surface area contributed by atoms with Crippen molar-refractivity contribution in [1.29, 1.82) is 0 Å². The number of rotatable bonds is 7. The molecule has 3 atom stereocenters. The Kier molecular flexibility index (Phi) is 5.62. The molecule has 1 fully saturated rings. The van der Waals surface area contributed by atoms with Crippen LogP contribution >= 0.6 is 0 Å². The van der Waals surface area contributed by atoms with E-state index in [1.54, 1.807) is 6.92 Å². The van der Waals surface area contributed by atoms with E-state index < -0.39 is 18.0 Å². The van der Waals surface area contributed by atoms with Gasteiger partial charge in [-0.25, -0.2) is 0 Å². The third kappa shape index (κ3) is 3.84. The van der Waals surface area contributed by atoms with Crippen molar-refractivity contribution in [3.63, 3.8) is 0 Å². The quantitative estimate of drug-likeness (QED) is 0.653. The molecule has 1 amide bonds. The van der Waals surface area contributed by atoms with E-state index in [0.29, 0.717) is 13.0 Å². The van der Waals surface area contributed by atoms with E-state index in [2.05, 4.69) is 0 Å². The molecular weight excluding hydrogens is 246 g/mol. The van der Waals surface area contributed by atoms with Crippen LogP contribution in [0.3, 0.4) is 0 Å². The highest BCUT2D eigenvalue weighted by Crippen LogP contribution is 2.22. The molecule has 0 bridgehead atoms. The minimum atomic E-state index is -0.884. The maximum absolute atomic E-state index is 12.1. The van der Waals surface area contributed by atoms with Crippen LogP contribution in [0.25, 0.3) is 0 Å². The third-order valence-electron chi connectivity index (χ3n) is 3.71. The van der Waals surface area contributed by atoms with Gasteiger partial charge >= 0.3 is 0 Å². The number of primary amides is 1. The van der Waals surface area contributed by atoms with Crippen LogP contribution in [-0.2, 0) is 14.4 Å². The van der Waals surface area contributed by atoms with Gasteiger partial charge in [-0.1, -0.05) is 6.92 Å². The summed E-state index contributed by atoms with van der Waals surface area (Å²) in [5.74, 6) is -0.661. The first kappa shape index (κ1) is 15.8. The van der Waals surface area contributed by atoms with Crippen LogP contribution in [-0.4, -0.2) is 47.0 Å². The van der Waals surface area contributed by atoms with Crippen LogP contribution < -0.4 is 11.5 Å². The summed E-state index contributed by atoms with van der Waals surface area (Å²) in [5.41, 5.74) is 10.7. The van der Waals surface area contributed by atoms with Gasteiger partial charge in [0.2, 0.25) is 5.91 Å². The average molecular weight is 269 g/mol. The number of carbonyl (C=O) groups is 3. The largest absolute Gasteiger partial charge is 0.370 e. The molecule has 108 valence electrons. The Labute approximate surface area is 113 Å². The predicted molar refractivity (Wildman–Crippen MR) is 71.3 cm³/mol. The van der Waals surface area contributed by atoms with Gasteiger partial charge < -0.3 is 11.5 Å². The standard InChI is InChI=1S/C13H23N3O3/c1-3-11(17)10-5-4-6-16(10)8(2)13(19)9(14)7-12(15)18/h8-10H,3-7,14H2,1-2H3,(H2,15,18). The predicted octanol–water partition coefficient (Wildman–Crippen LogP) is -0.410. The number of likely N-dealkylation sites (tertiary alicyclic amines) is 1. The Morgan fingerprint density at radius 2 is 2.00 bits per heavy atom. The van der Waals surface area contributed by atoms with Gasteiger partial charge in [0.1, 0.15) is 5.78 Å². The average Bonchev–Trinajstić information content (AvgIpc) is 2.84. The lowest BCUT2D eigenvalue weighted by molar-refractivity contribution is -0.131. The van der Waals surface area contributed by atoms with Gasteiger partial charge in [-0.3, -0.25) is 19.3 Å². The maximum Gasteiger partial charge on any atom is 0.219 e. The summed E-state index contributed by atoms with van der Waals surface area (Å²) in [6, 6.07) is -1.52. The van der Waals surface area contributed by atoms with E-state index in [0.717, 1.165) is 12.8 Å². The van der Waals surface area contributed by atoms with E-state index in [4.69, 9.17) is 11.5 Å². The lowest BCUT2D eigenvalue weighted by Gasteiger charge is -2.30. The zero-order chi connectivity index (χ0) is 14.6. The van der Waals surface area contributed by atoms with Crippen LogP contribution in [0.15, 0.2) is 0 Å². The first-order valence-corrected chi connectivity index (χ1v) is 6.74. The molecule has 6 heteroatoms. The summed E-state index contributed by atoms with van der Waals surface area (Å²) in [4.78, 5) is 36.7. The number of Topliss-reactive ketones (excluding diaryl/α,β-unsaturated/α-hetero) is 2. The molecule has 4 N–H and O–H groups in total. The van der Waals surface area contributed by atoms with Crippen molar-refractivity contribution in [3.8, 4) is 0 Å². The number of amides is 1. The van der Waals surface area contributed by atoms with Gasteiger partial charge in [-0.05, 0) is 26.3 Å². The van der Waals surface area contributed by atoms with Crippen LogP contribution in [0.5, 0.6) is 0 Å². The minimum absolute atomic E-state index is 0.149. The first-order chi connectivity index (χ1) is 8.88. The van der Waals surface area contributed by atoms with Gasteiger partial charge in [-0.15, -0.1) is 0 Å². The molecule has 6 nitrogen and oxygen atoms in total. The molecule has 1 rings (SSSR count). The molecule has 0 spiro atoms. The van der Waals surface area contributed by atoms with Gasteiger partial charge in [0.05, 0.1) is 18.1 Å². The molecule has 19 heavy (non-hydrogen) atoms. The fraction of sp³-hybridized carbons (Fsp3) is 0.769. The Bertz CT molecular complexity index is 370. The number of nitrogens with two attached hydrogens (primary N) is 2. The van der Waals surface area contributed by atoms with Crippen LogP contribution in [0, 0.1) is 0 Å². The number of nitrogens with zero attached hydrogens (tertiary/aromatic N) is 1. The van der Waals surface area contributed by atoms with Gasteiger partial charge in [0.15, 0.2) is 5.78 Å². The maximum atomic E-state index is 12.1. The highest BCUT2D eigenvalue weighted by molar-refractivity contribution is 5.93.